The van der Waals surface area contributed by atoms with Gasteiger partial charge in [-0.25, -0.2) is 4.99 Å². The number of piperidine rings is 1. The molecule has 0 radical (unpaired) electrons. The Kier molecular flexibility index (Phi) is 6.04. The molecule has 6 heteroatoms. The lowest BCUT2D eigenvalue weighted by molar-refractivity contribution is 0.375. The molecule has 2 aliphatic rings. The fourth-order valence-corrected chi connectivity index (χ4v) is 3.99. The lowest BCUT2D eigenvalue weighted by Gasteiger charge is -2.31. The van der Waals surface area contributed by atoms with Gasteiger partial charge in [0.05, 0.1) is 0 Å². The van der Waals surface area contributed by atoms with Crippen LogP contribution in [0.1, 0.15) is 49.8 Å². The number of nitrogens with one attached hydrogen (secondary N) is 1. The smallest absolute Gasteiger partial charge is 0.194 e. The molecule has 6 nitrogen and oxygen atoms in total. The molecule has 1 saturated heterocycles. The second-order valence-corrected chi connectivity index (χ2v) is 7.51. The molecular formula is C22H30N6. The minimum absolute atomic E-state index is 0.596. The molecule has 0 spiro atoms. The van der Waals surface area contributed by atoms with Crippen molar-refractivity contribution in [2.45, 2.75) is 52.1 Å². The summed E-state index contributed by atoms with van der Waals surface area (Å²) in [5.74, 6) is 3.11. The summed E-state index contributed by atoms with van der Waals surface area (Å²) in [5, 5.41) is 12.2. The summed E-state index contributed by atoms with van der Waals surface area (Å²) >= 11 is 0. The van der Waals surface area contributed by atoms with E-state index in [9.17, 15) is 0 Å². The van der Waals surface area contributed by atoms with Crippen LogP contribution in [0, 0.1) is 0 Å². The van der Waals surface area contributed by atoms with E-state index < -0.39 is 0 Å². The Morgan fingerprint density at radius 1 is 1.07 bits per heavy atom. The zero-order valence-electron chi connectivity index (χ0n) is 16.8. The van der Waals surface area contributed by atoms with Crippen LogP contribution in [0.2, 0.25) is 0 Å². The molecule has 0 saturated carbocycles. The zero-order chi connectivity index (χ0) is 19.2. The predicted octanol–water partition coefficient (Wildman–Crippen LogP) is 3.26. The van der Waals surface area contributed by atoms with Gasteiger partial charge in [-0.1, -0.05) is 42.0 Å². The van der Waals surface area contributed by atoms with Crippen LogP contribution in [0.15, 0.2) is 40.9 Å². The van der Waals surface area contributed by atoms with Crippen LogP contribution in [0.25, 0.3) is 6.08 Å². The molecule has 1 N–H and O–H groups in total. The quantitative estimate of drug-likeness (QED) is 0.655. The number of hydrogen-bond acceptors (Lipinski definition) is 3. The molecule has 0 aliphatic carbocycles. The van der Waals surface area contributed by atoms with Gasteiger partial charge in [0.1, 0.15) is 12.4 Å². The van der Waals surface area contributed by atoms with Crippen molar-refractivity contribution in [3.63, 3.8) is 0 Å². The average molecular weight is 379 g/mol. The van der Waals surface area contributed by atoms with Gasteiger partial charge in [-0.15, -0.1) is 10.2 Å². The SMILES string of the molecule is CCNC(=NCc1nnc2n1CCCC2)N1CCC(=Cc2ccccc2)CC1. The average Bonchev–Trinajstić information content (AvgIpc) is 3.16. The number of guanidine groups is 1. The van der Waals surface area contributed by atoms with Gasteiger partial charge in [-0.3, -0.25) is 0 Å². The topological polar surface area (TPSA) is 58.3 Å². The van der Waals surface area contributed by atoms with Crippen molar-refractivity contribution in [2.24, 2.45) is 4.99 Å². The van der Waals surface area contributed by atoms with Gasteiger partial charge >= 0.3 is 0 Å². The Morgan fingerprint density at radius 2 is 1.89 bits per heavy atom. The van der Waals surface area contributed by atoms with Crippen LogP contribution in [0.3, 0.4) is 0 Å². The molecule has 1 fully saturated rings. The summed E-state index contributed by atoms with van der Waals surface area (Å²) in [6, 6.07) is 10.6. The number of nitrogens with zero attached hydrogens (tertiary/aromatic N) is 5. The fourth-order valence-electron chi connectivity index (χ4n) is 3.99. The third-order valence-electron chi connectivity index (χ3n) is 5.52. The molecule has 0 amide bonds. The first kappa shape index (κ1) is 18.7. The van der Waals surface area contributed by atoms with Gasteiger partial charge in [0.2, 0.25) is 0 Å². The number of aliphatic imine (C=N–C) groups is 1. The first-order valence-corrected chi connectivity index (χ1v) is 10.5. The van der Waals surface area contributed by atoms with Crippen LogP contribution in [-0.2, 0) is 19.5 Å². The Labute approximate surface area is 167 Å². The van der Waals surface area contributed by atoms with Gasteiger partial charge < -0.3 is 14.8 Å². The third-order valence-corrected chi connectivity index (χ3v) is 5.52. The molecule has 28 heavy (non-hydrogen) atoms. The molecular weight excluding hydrogens is 348 g/mol. The second kappa shape index (κ2) is 9.04. The summed E-state index contributed by atoms with van der Waals surface area (Å²) in [5.41, 5.74) is 2.81. The van der Waals surface area contributed by atoms with Gasteiger partial charge in [0, 0.05) is 32.6 Å². The highest BCUT2D eigenvalue weighted by molar-refractivity contribution is 5.80. The Morgan fingerprint density at radius 3 is 2.68 bits per heavy atom. The van der Waals surface area contributed by atoms with Crippen LogP contribution < -0.4 is 5.32 Å². The highest BCUT2D eigenvalue weighted by Crippen LogP contribution is 2.20. The molecule has 1 aromatic heterocycles. The maximum absolute atomic E-state index is 4.89. The van der Waals surface area contributed by atoms with Gasteiger partial charge in [0.25, 0.3) is 0 Å². The summed E-state index contributed by atoms with van der Waals surface area (Å²) < 4.78 is 2.26. The highest BCUT2D eigenvalue weighted by Gasteiger charge is 2.19. The lowest BCUT2D eigenvalue weighted by atomic mass is 10.0. The summed E-state index contributed by atoms with van der Waals surface area (Å²) in [6.07, 6.45) is 7.98. The lowest BCUT2D eigenvalue weighted by Crippen LogP contribution is -2.44. The summed E-state index contributed by atoms with van der Waals surface area (Å²) in [7, 11) is 0. The van der Waals surface area contributed by atoms with Crippen molar-refractivity contribution >= 4 is 12.0 Å². The minimum atomic E-state index is 0.596. The van der Waals surface area contributed by atoms with Gasteiger partial charge in [0.15, 0.2) is 11.8 Å². The Hall–Kier alpha value is -2.63. The van der Waals surface area contributed by atoms with Crippen molar-refractivity contribution in [3.05, 3.63) is 53.1 Å². The van der Waals surface area contributed by atoms with E-state index in [4.69, 9.17) is 4.99 Å². The number of likely N-dealkylation sites (tertiary alicyclic amines) is 1. The van der Waals surface area contributed by atoms with Crippen molar-refractivity contribution in [2.75, 3.05) is 19.6 Å². The zero-order valence-corrected chi connectivity index (χ0v) is 16.8. The molecule has 1 aromatic carbocycles. The van der Waals surface area contributed by atoms with Crippen LogP contribution in [0.4, 0.5) is 0 Å². The number of fused-ring (bicyclic) bond motifs is 1. The number of rotatable bonds is 4. The fraction of sp³-hybridized carbons (Fsp3) is 0.500. The minimum Gasteiger partial charge on any atom is -0.357 e. The number of hydrogen-bond donors (Lipinski definition) is 1. The molecule has 148 valence electrons. The predicted molar refractivity (Wildman–Crippen MR) is 113 cm³/mol. The van der Waals surface area contributed by atoms with Crippen LogP contribution in [0.5, 0.6) is 0 Å². The maximum Gasteiger partial charge on any atom is 0.194 e. The normalized spacial score (nSPS) is 17.4. The van der Waals surface area contributed by atoms with E-state index in [1.165, 1.54) is 24.0 Å². The van der Waals surface area contributed by atoms with E-state index in [-0.39, 0.29) is 0 Å². The van der Waals surface area contributed by atoms with Crippen LogP contribution in [-0.4, -0.2) is 45.3 Å². The second-order valence-electron chi connectivity index (χ2n) is 7.51. The first-order chi connectivity index (χ1) is 13.8. The largest absolute Gasteiger partial charge is 0.357 e. The highest BCUT2D eigenvalue weighted by atomic mass is 15.3. The van der Waals surface area contributed by atoms with Gasteiger partial charge in [-0.2, -0.15) is 0 Å². The van der Waals surface area contributed by atoms with E-state index in [1.807, 2.05) is 0 Å². The number of aryl methyl sites for hydroxylation is 1. The first-order valence-electron chi connectivity index (χ1n) is 10.5. The van der Waals surface area contributed by atoms with E-state index >= 15 is 0 Å². The maximum atomic E-state index is 4.89. The molecule has 2 aromatic rings. The third kappa shape index (κ3) is 4.43. The van der Waals surface area contributed by atoms with Crippen molar-refractivity contribution in [1.29, 1.82) is 0 Å². The number of aromatic nitrogens is 3. The Balaban J connectivity index is 1.40. The van der Waals surface area contributed by atoms with Crippen molar-refractivity contribution in [1.82, 2.24) is 25.0 Å². The van der Waals surface area contributed by atoms with Gasteiger partial charge in [-0.05, 0) is 38.2 Å². The molecule has 0 atom stereocenters. The van der Waals surface area contributed by atoms with E-state index in [0.29, 0.717) is 6.54 Å². The molecule has 2 aliphatic heterocycles. The molecule has 4 rings (SSSR count). The van der Waals surface area contributed by atoms with Crippen molar-refractivity contribution in [3.8, 4) is 0 Å². The van der Waals surface area contributed by atoms with Crippen LogP contribution >= 0.6 is 0 Å². The van der Waals surface area contributed by atoms with Crippen molar-refractivity contribution < 1.29 is 0 Å². The Bertz CT molecular complexity index is 826. The summed E-state index contributed by atoms with van der Waals surface area (Å²) in [6.45, 7) is 6.63. The molecule has 0 unspecified atom stereocenters. The standard InChI is InChI=1S/C22H30N6/c1-2-23-22(24-17-21-26-25-20-10-6-7-13-28(20)21)27-14-11-19(12-15-27)16-18-8-4-3-5-9-18/h3-5,8-9,16H,2,6-7,10-15,17H2,1H3,(H,23,24). The number of benzene rings is 1. The van der Waals surface area contributed by atoms with E-state index in [0.717, 1.165) is 63.0 Å². The van der Waals surface area contributed by atoms with E-state index in [1.54, 1.807) is 0 Å². The molecule has 0 bridgehead atoms. The molecule has 3 heterocycles. The van der Waals surface area contributed by atoms with E-state index in [2.05, 4.69) is 68.3 Å². The monoisotopic (exact) mass is 378 g/mol. The summed E-state index contributed by atoms with van der Waals surface area (Å²) in [4.78, 5) is 7.26.